The van der Waals surface area contributed by atoms with Gasteiger partial charge in [0, 0.05) is 42.8 Å². The van der Waals surface area contributed by atoms with Gasteiger partial charge in [0.1, 0.15) is 0 Å². The summed E-state index contributed by atoms with van der Waals surface area (Å²) in [6.45, 7) is 1.18. The molecule has 3 amide bonds. The van der Waals surface area contributed by atoms with Gasteiger partial charge in [0.2, 0.25) is 17.7 Å². The van der Waals surface area contributed by atoms with E-state index in [-0.39, 0.29) is 42.0 Å². The van der Waals surface area contributed by atoms with E-state index in [0.29, 0.717) is 6.54 Å². The lowest BCUT2D eigenvalue weighted by atomic mass is 9.84. The fourth-order valence-electron chi connectivity index (χ4n) is 5.18. The van der Waals surface area contributed by atoms with Crippen molar-refractivity contribution >= 4 is 29.1 Å². The molecule has 29 heavy (non-hydrogen) atoms. The second kappa shape index (κ2) is 7.47. The fourth-order valence-corrected chi connectivity index (χ4v) is 5.18. The van der Waals surface area contributed by atoms with Crippen LogP contribution in [0.5, 0.6) is 0 Å². The Labute approximate surface area is 171 Å². The molecule has 0 spiro atoms. The van der Waals surface area contributed by atoms with Crippen LogP contribution in [0.2, 0.25) is 0 Å². The summed E-state index contributed by atoms with van der Waals surface area (Å²) in [5.41, 5.74) is 2.97. The van der Waals surface area contributed by atoms with Crippen molar-refractivity contribution < 1.29 is 14.4 Å². The number of amides is 3. The minimum atomic E-state index is -0.270. The number of carbonyl (C=O) groups excluding carboxylic acids is 3. The van der Waals surface area contributed by atoms with Crippen molar-refractivity contribution in [1.29, 1.82) is 0 Å². The highest BCUT2D eigenvalue weighted by atomic mass is 16.2. The monoisotopic (exact) mass is 395 g/mol. The standard InChI is InChI=1S/C23H29N3O3/c27-21-13-17(22(28)24-18-6-1-2-7-18)14-26(21)19-8-9-20-16(12-19)10-11-25(20)23(29)15-4-3-5-15/h8-9,12,15,17-18H,1-7,10-11,13-14H2,(H,24,28). The Morgan fingerprint density at radius 1 is 1.00 bits per heavy atom. The average Bonchev–Trinajstić information content (AvgIpc) is 3.39. The predicted octanol–water partition coefficient (Wildman–Crippen LogP) is 2.79. The number of hydrogen-bond donors (Lipinski definition) is 1. The molecule has 6 nitrogen and oxygen atoms in total. The maximum atomic E-state index is 12.7. The summed E-state index contributed by atoms with van der Waals surface area (Å²) in [4.78, 5) is 41.5. The number of benzene rings is 1. The van der Waals surface area contributed by atoms with Crippen LogP contribution in [0.3, 0.4) is 0 Å². The molecule has 0 bridgehead atoms. The molecule has 1 aromatic rings. The molecule has 0 aromatic heterocycles. The lowest BCUT2D eigenvalue weighted by molar-refractivity contribution is -0.127. The third-order valence-electron chi connectivity index (χ3n) is 7.19. The van der Waals surface area contributed by atoms with Gasteiger partial charge in [-0.15, -0.1) is 0 Å². The Balaban J connectivity index is 1.27. The molecular formula is C23H29N3O3. The van der Waals surface area contributed by atoms with Gasteiger partial charge in [-0.05, 0) is 55.9 Å². The molecule has 2 aliphatic heterocycles. The van der Waals surface area contributed by atoms with Gasteiger partial charge in [0.05, 0.1) is 5.92 Å². The number of hydrogen-bond acceptors (Lipinski definition) is 3. The van der Waals surface area contributed by atoms with Gasteiger partial charge in [-0.25, -0.2) is 0 Å². The molecular weight excluding hydrogens is 366 g/mol. The number of rotatable bonds is 4. The normalized spacial score (nSPS) is 24.7. The van der Waals surface area contributed by atoms with Crippen LogP contribution in [0.1, 0.15) is 56.9 Å². The van der Waals surface area contributed by atoms with Crippen molar-refractivity contribution in [2.24, 2.45) is 11.8 Å². The maximum Gasteiger partial charge on any atom is 0.230 e. The van der Waals surface area contributed by atoms with Crippen LogP contribution < -0.4 is 15.1 Å². The van der Waals surface area contributed by atoms with Crippen LogP contribution in [-0.4, -0.2) is 36.9 Å². The van der Waals surface area contributed by atoms with E-state index in [2.05, 4.69) is 5.32 Å². The first-order chi connectivity index (χ1) is 14.1. The molecule has 1 saturated heterocycles. The van der Waals surface area contributed by atoms with E-state index in [9.17, 15) is 14.4 Å². The molecule has 3 fully saturated rings. The molecule has 2 heterocycles. The molecule has 1 aromatic carbocycles. The third kappa shape index (κ3) is 3.43. The molecule has 2 saturated carbocycles. The van der Waals surface area contributed by atoms with Crippen LogP contribution in [0.15, 0.2) is 18.2 Å². The summed E-state index contributed by atoms with van der Waals surface area (Å²) in [6, 6.07) is 6.23. The number of nitrogens with one attached hydrogen (secondary N) is 1. The van der Waals surface area contributed by atoms with E-state index in [1.807, 2.05) is 23.1 Å². The first-order valence-electron chi connectivity index (χ1n) is 11.1. The lowest BCUT2D eigenvalue weighted by Crippen LogP contribution is -2.38. The molecule has 4 aliphatic rings. The Bertz CT molecular complexity index is 842. The van der Waals surface area contributed by atoms with Crippen molar-refractivity contribution in [2.75, 3.05) is 22.9 Å². The molecule has 154 valence electrons. The lowest BCUT2D eigenvalue weighted by Gasteiger charge is -2.29. The SMILES string of the molecule is O=C(NC1CCCC1)C1CC(=O)N(c2ccc3c(c2)CCN3C(=O)C2CCC2)C1. The second-order valence-corrected chi connectivity index (χ2v) is 9.08. The summed E-state index contributed by atoms with van der Waals surface area (Å²) in [7, 11) is 0. The van der Waals surface area contributed by atoms with Gasteiger partial charge in [-0.1, -0.05) is 19.3 Å². The molecule has 5 rings (SSSR count). The summed E-state index contributed by atoms with van der Waals surface area (Å²) >= 11 is 0. The van der Waals surface area contributed by atoms with Crippen molar-refractivity contribution in [3.8, 4) is 0 Å². The number of anilines is 2. The topological polar surface area (TPSA) is 69.7 Å². The summed E-state index contributed by atoms with van der Waals surface area (Å²) in [5.74, 6) is 0.208. The number of fused-ring (bicyclic) bond motifs is 1. The molecule has 1 N–H and O–H groups in total. The van der Waals surface area contributed by atoms with Crippen molar-refractivity contribution in [3.05, 3.63) is 23.8 Å². The Hall–Kier alpha value is -2.37. The summed E-state index contributed by atoms with van der Waals surface area (Å²) in [6.07, 6.45) is 8.74. The van der Waals surface area contributed by atoms with Gasteiger partial charge in [-0.2, -0.15) is 0 Å². The molecule has 1 atom stereocenters. The first kappa shape index (κ1) is 18.6. The highest BCUT2D eigenvalue weighted by molar-refractivity contribution is 6.01. The molecule has 1 unspecified atom stereocenters. The van der Waals surface area contributed by atoms with Gasteiger partial charge in [0.15, 0.2) is 0 Å². The highest BCUT2D eigenvalue weighted by Gasteiger charge is 2.37. The average molecular weight is 396 g/mol. The smallest absolute Gasteiger partial charge is 0.230 e. The minimum absolute atomic E-state index is 0.0110. The van der Waals surface area contributed by atoms with Gasteiger partial charge in [-0.3, -0.25) is 14.4 Å². The van der Waals surface area contributed by atoms with Crippen LogP contribution in [0, 0.1) is 11.8 Å². The zero-order chi connectivity index (χ0) is 20.0. The van der Waals surface area contributed by atoms with Crippen LogP contribution in [0.4, 0.5) is 11.4 Å². The van der Waals surface area contributed by atoms with E-state index >= 15 is 0 Å². The van der Waals surface area contributed by atoms with Crippen molar-refractivity contribution in [1.82, 2.24) is 5.32 Å². The Kier molecular flexibility index (Phi) is 4.80. The third-order valence-corrected chi connectivity index (χ3v) is 7.19. The largest absolute Gasteiger partial charge is 0.353 e. The van der Waals surface area contributed by atoms with E-state index in [0.717, 1.165) is 62.0 Å². The fraction of sp³-hybridized carbons (Fsp3) is 0.609. The first-order valence-corrected chi connectivity index (χ1v) is 11.1. The van der Waals surface area contributed by atoms with E-state index in [4.69, 9.17) is 0 Å². The highest BCUT2D eigenvalue weighted by Crippen LogP contribution is 2.37. The quantitative estimate of drug-likeness (QED) is 0.852. The van der Waals surface area contributed by atoms with E-state index < -0.39 is 0 Å². The van der Waals surface area contributed by atoms with Crippen molar-refractivity contribution in [2.45, 2.75) is 63.8 Å². The van der Waals surface area contributed by atoms with E-state index in [1.54, 1.807) is 4.90 Å². The summed E-state index contributed by atoms with van der Waals surface area (Å²) in [5, 5.41) is 3.13. The number of nitrogens with zero attached hydrogens (tertiary/aromatic N) is 2. The van der Waals surface area contributed by atoms with Crippen LogP contribution in [0.25, 0.3) is 0 Å². The zero-order valence-electron chi connectivity index (χ0n) is 16.9. The van der Waals surface area contributed by atoms with Crippen LogP contribution >= 0.6 is 0 Å². The molecule has 2 aliphatic carbocycles. The second-order valence-electron chi connectivity index (χ2n) is 9.08. The predicted molar refractivity (Wildman–Crippen MR) is 111 cm³/mol. The van der Waals surface area contributed by atoms with E-state index in [1.165, 1.54) is 12.8 Å². The number of carbonyl (C=O) groups is 3. The molecule has 0 radical (unpaired) electrons. The van der Waals surface area contributed by atoms with Gasteiger partial charge >= 0.3 is 0 Å². The maximum absolute atomic E-state index is 12.7. The Morgan fingerprint density at radius 3 is 2.52 bits per heavy atom. The van der Waals surface area contributed by atoms with Crippen LogP contribution in [-0.2, 0) is 20.8 Å². The Morgan fingerprint density at radius 2 is 1.79 bits per heavy atom. The minimum Gasteiger partial charge on any atom is -0.353 e. The van der Waals surface area contributed by atoms with Gasteiger partial charge in [0.25, 0.3) is 0 Å². The van der Waals surface area contributed by atoms with Gasteiger partial charge < -0.3 is 15.1 Å². The van der Waals surface area contributed by atoms with Crippen molar-refractivity contribution in [3.63, 3.8) is 0 Å². The summed E-state index contributed by atoms with van der Waals surface area (Å²) < 4.78 is 0. The zero-order valence-corrected chi connectivity index (χ0v) is 16.9. The molecule has 6 heteroatoms.